The van der Waals surface area contributed by atoms with Gasteiger partial charge in [0.2, 0.25) is 0 Å². The molecule has 0 aliphatic carbocycles. The van der Waals surface area contributed by atoms with Gasteiger partial charge in [0.1, 0.15) is 0 Å². The lowest BCUT2D eigenvalue weighted by Gasteiger charge is -2.21. The number of hydrogen-bond donors (Lipinski definition) is 1. The van der Waals surface area contributed by atoms with E-state index in [0.29, 0.717) is 12.2 Å². The summed E-state index contributed by atoms with van der Waals surface area (Å²) in [6.07, 6.45) is 9.05. The third-order valence-corrected chi connectivity index (χ3v) is 6.11. The number of allylic oxidation sites excluding steroid dienone is 1. The van der Waals surface area contributed by atoms with Gasteiger partial charge in [-0.15, -0.1) is 11.8 Å². The maximum absolute atomic E-state index is 12.5. The van der Waals surface area contributed by atoms with E-state index in [9.17, 15) is 9.90 Å². The Bertz CT molecular complexity index is 550. The second kappa shape index (κ2) is 11.4. The van der Waals surface area contributed by atoms with Gasteiger partial charge >= 0.3 is 0 Å². The van der Waals surface area contributed by atoms with E-state index in [1.165, 1.54) is 0 Å². The minimum Gasteiger partial charge on any atom is -0.392 e. The molecule has 0 aromatic rings. The number of aliphatic hydroxyl groups excluding tert-OH is 1. The van der Waals surface area contributed by atoms with Gasteiger partial charge < -0.3 is 5.11 Å². The molecule has 25 heavy (non-hydrogen) atoms. The second-order valence-corrected chi connectivity index (χ2v) is 8.57. The first-order chi connectivity index (χ1) is 11.9. The van der Waals surface area contributed by atoms with Crippen LogP contribution in [0, 0.1) is 34.5 Å². The lowest BCUT2D eigenvalue weighted by Crippen LogP contribution is -2.24. The Kier molecular flexibility index (Phi) is 9.94. The summed E-state index contributed by atoms with van der Waals surface area (Å²) in [4.78, 5) is 12.5. The average Bonchev–Trinajstić information content (AvgIpc) is 2.93. The predicted octanol–water partition coefficient (Wildman–Crippen LogP) is 4.51. The van der Waals surface area contributed by atoms with E-state index in [-0.39, 0.29) is 22.4 Å². The van der Waals surface area contributed by atoms with Crippen molar-refractivity contribution >= 4 is 17.5 Å². The van der Waals surface area contributed by atoms with Gasteiger partial charge in [-0.25, -0.2) is 0 Å². The van der Waals surface area contributed by atoms with Crippen LogP contribution < -0.4 is 0 Å². The fourth-order valence-corrected chi connectivity index (χ4v) is 4.18. The SMILES string of the molecule is CCCCC(C)(C)C(=O)C=C[C@H]1[C@@H](O)CS[C@@H]1CC#CCCCC#N. The molecular formula is C21H31NO2S. The van der Waals surface area contributed by atoms with E-state index in [1.54, 1.807) is 17.8 Å². The normalized spacial score (nSPS) is 23.2. The molecule has 0 spiro atoms. The van der Waals surface area contributed by atoms with Crippen LogP contribution in [0.1, 0.15) is 65.7 Å². The van der Waals surface area contributed by atoms with Gasteiger partial charge in [-0.1, -0.05) is 39.7 Å². The van der Waals surface area contributed by atoms with Crippen molar-refractivity contribution in [2.24, 2.45) is 11.3 Å². The van der Waals surface area contributed by atoms with Crippen molar-refractivity contribution < 1.29 is 9.90 Å². The number of unbranched alkanes of at least 4 members (excludes halogenated alkanes) is 3. The summed E-state index contributed by atoms with van der Waals surface area (Å²) < 4.78 is 0. The van der Waals surface area contributed by atoms with Crippen LogP contribution in [-0.4, -0.2) is 28.0 Å². The highest BCUT2D eigenvalue weighted by Crippen LogP contribution is 2.36. The number of carbonyl (C=O) groups excluding carboxylic acids is 1. The molecule has 0 amide bonds. The lowest BCUT2D eigenvalue weighted by atomic mass is 9.82. The van der Waals surface area contributed by atoms with Crippen LogP contribution in [0.2, 0.25) is 0 Å². The molecule has 0 radical (unpaired) electrons. The minimum atomic E-state index is -0.404. The summed E-state index contributed by atoms with van der Waals surface area (Å²) in [6, 6.07) is 2.12. The summed E-state index contributed by atoms with van der Waals surface area (Å²) in [5.41, 5.74) is -0.334. The quantitative estimate of drug-likeness (QED) is 0.373. The summed E-state index contributed by atoms with van der Waals surface area (Å²) in [7, 11) is 0. The van der Waals surface area contributed by atoms with Crippen LogP contribution >= 0.6 is 11.8 Å². The van der Waals surface area contributed by atoms with E-state index in [1.807, 2.05) is 19.9 Å². The fraction of sp³-hybridized carbons (Fsp3) is 0.714. The molecule has 3 atom stereocenters. The van der Waals surface area contributed by atoms with Crippen molar-refractivity contribution in [2.45, 2.75) is 77.1 Å². The molecule has 1 fully saturated rings. The number of nitriles is 1. The summed E-state index contributed by atoms with van der Waals surface area (Å²) in [5, 5.41) is 19.0. The smallest absolute Gasteiger partial charge is 0.160 e. The number of ketones is 1. The Balaban J connectivity index is 2.58. The topological polar surface area (TPSA) is 61.1 Å². The van der Waals surface area contributed by atoms with Crippen LogP contribution in [0.5, 0.6) is 0 Å². The second-order valence-electron chi connectivity index (χ2n) is 7.30. The van der Waals surface area contributed by atoms with Gasteiger partial charge in [-0.05, 0) is 18.9 Å². The lowest BCUT2D eigenvalue weighted by molar-refractivity contribution is -0.122. The van der Waals surface area contributed by atoms with Gasteiger partial charge in [0.25, 0.3) is 0 Å². The van der Waals surface area contributed by atoms with Crippen molar-refractivity contribution in [3.05, 3.63) is 12.2 Å². The Morgan fingerprint density at radius 3 is 2.76 bits per heavy atom. The van der Waals surface area contributed by atoms with Crippen molar-refractivity contribution in [3.63, 3.8) is 0 Å². The first kappa shape index (κ1) is 21.8. The van der Waals surface area contributed by atoms with Crippen molar-refractivity contribution in [3.8, 4) is 17.9 Å². The zero-order valence-electron chi connectivity index (χ0n) is 15.8. The van der Waals surface area contributed by atoms with Crippen LogP contribution in [-0.2, 0) is 4.79 Å². The number of thioether (sulfide) groups is 1. The molecule has 1 heterocycles. The summed E-state index contributed by atoms with van der Waals surface area (Å²) in [6.45, 7) is 6.13. The zero-order valence-corrected chi connectivity index (χ0v) is 16.6. The number of carbonyl (C=O) groups is 1. The highest BCUT2D eigenvalue weighted by atomic mass is 32.2. The minimum absolute atomic E-state index is 0.00988. The van der Waals surface area contributed by atoms with Crippen molar-refractivity contribution in [1.29, 1.82) is 5.26 Å². The predicted molar refractivity (Wildman–Crippen MR) is 105 cm³/mol. The molecule has 1 N–H and O–H groups in total. The third kappa shape index (κ3) is 7.68. The van der Waals surface area contributed by atoms with Crippen LogP contribution in [0.4, 0.5) is 0 Å². The van der Waals surface area contributed by atoms with Gasteiger partial charge in [-0.3, -0.25) is 4.79 Å². The molecule has 0 bridgehead atoms. The third-order valence-electron chi connectivity index (χ3n) is 4.67. The van der Waals surface area contributed by atoms with Gasteiger partial charge in [0.15, 0.2) is 5.78 Å². The molecule has 1 rings (SSSR count). The summed E-state index contributed by atoms with van der Waals surface area (Å²) in [5.74, 6) is 7.11. The van der Waals surface area contributed by atoms with Gasteiger partial charge in [-0.2, -0.15) is 17.0 Å². The summed E-state index contributed by atoms with van der Waals surface area (Å²) >= 11 is 1.73. The molecule has 0 unspecified atom stereocenters. The highest BCUT2D eigenvalue weighted by Gasteiger charge is 2.34. The maximum atomic E-state index is 12.5. The largest absolute Gasteiger partial charge is 0.392 e. The molecule has 138 valence electrons. The highest BCUT2D eigenvalue weighted by molar-refractivity contribution is 8.00. The number of aliphatic hydroxyl groups is 1. The molecule has 1 aliphatic rings. The molecule has 1 aliphatic heterocycles. The van der Waals surface area contributed by atoms with Gasteiger partial charge in [0.05, 0.1) is 12.2 Å². The van der Waals surface area contributed by atoms with Crippen molar-refractivity contribution in [1.82, 2.24) is 0 Å². The molecule has 0 aromatic carbocycles. The number of nitrogens with zero attached hydrogens (tertiary/aromatic N) is 1. The maximum Gasteiger partial charge on any atom is 0.160 e. The van der Waals surface area contributed by atoms with E-state index in [0.717, 1.165) is 38.5 Å². The standard InChI is InChI=1S/C21H31NO2S/c1-4-5-14-21(2,3)20(24)13-12-17-18(23)16-25-19(17)11-9-7-6-8-10-15-22/h12-13,17-19,23H,4-6,8,10-11,14,16H2,1-3H3/t17-,18-,19+/m0/s1. The Morgan fingerprint density at radius 2 is 2.08 bits per heavy atom. The molecule has 0 aromatic heterocycles. The van der Waals surface area contributed by atoms with E-state index in [2.05, 4.69) is 24.8 Å². The van der Waals surface area contributed by atoms with Crippen LogP contribution in [0.25, 0.3) is 0 Å². The first-order valence-electron chi connectivity index (χ1n) is 9.27. The van der Waals surface area contributed by atoms with E-state index in [4.69, 9.17) is 5.26 Å². The Labute approximate surface area is 157 Å². The molecule has 4 heteroatoms. The fourth-order valence-electron chi connectivity index (χ4n) is 2.82. The zero-order chi connectivity index (χ0) is 18.7. The number of rotatable bonds is 9. The Hall–Kier alpha value is -1.23. The number of hydrogen-bond acceptors (Lipinski definition) is 4. The first-order valence-corrected chi connectivity index (χ1v) is 10.3. The van der Waals surface area contributed by atoms with Crippen LogP contribution in [0.15, 0.2) is 12.2 Å². The Morgan fingerprint density at radius 1 is 1.32 bits per heavy atom. The average molecular weight is 362 g/mol. The van der Waals surface area contributed by atoms with E-state index < -0.39 is 6.10 Å². The molecule has 1 saturated heterocycles. The van der Waals surface area contributed by atoms with Crippen LogP contribution in [0.3, 0.4) is 0 Å². The molecule has 0 saturated carbocycles. The van der Waals surface area contributed by atoms with E-state index >= 15 is 0 Å². The van der Waals surface area contributed by atoms with Gasteiger partial charge in [0, 0.05) is 41.6 Å². The van der Waals surface area contributed by atoms with Crippen molar-refractivity contribution in [2.75, 3.05) is 5.75 Å². The molecular weight excluding hydrogens is 330 g/mol. The molecule has 3 nitrogen and oxygen atoms in total. The monoisotopic (exact) mass is 361 g/mol.